The highest BCUT2D eigenvalue weighted by Crippen LogP contribution is 2.30. The van der Waals surface area contributed by atoms with Crippen molar-refractivity contribution in [3.63, 3.8) is 0 Å². The monoisotopic (exact) mass is 358 g/mol. The highest BCUT2D eigenvalue weighted by molar-refractivity contribution is 9.09. The molecular weight excluding hydrogens is 332 g/mol. The third kappa shape index (κ3) is 7.60. The molecule has 0 saturated carbocycles. The molecule has 120 valence electrons. The molecule has 0 aliphatic heterocycles. The van der Waals surface area contributed by atoms with Crippen molar-refractivity contribution < 1.29 is 14.2 Å². The number of rotatable bonds is 12. The average molecular weight is 359 g/mol. The summed E-state index contributed by atoms with van der Waals surface area (Å²) in [6.07, 6.45) is 8.97. The predicted octanol–water partition coefficient (Wildman–Crippen LogP) is 5.21. The fourth-order valence-corrected chi connectivity index (χ4v) is 2.57. The van der Waals surface area contributed by atoms with Gasteiger partial charge >= 0.3 is 0 Å². The first kappa shape index (κ1) is 18.1. The van der Waals surface area contributed by atoms with Crippen molar-refractivity contribution in [2.24, 2.45) is 0 Å². The van der Waals surface area contributed by atoms with Crippen LogP contribution in [0.2, 0.25) is 0 Å². The fourth-order valence-electron chi connectivity index (χ4n) is 2.18. The van der Waals surface area contributed by atoms with E-state index < -0.39 is 0 Å². The van der Waals surface area contributed by atoms with Crippen molar-refractivity contribution in [2.75, 3.05) is 26.2 Å². The maximum atomic E-state index is 5.75. The molecule has 0 saturated heterocycles. The van der Waals surface area contributed by atoms with E-state index in [1.165, 1.54) is 38.5 Å². The third-order valence-corrected chi connectivity index (χ3v) is 3.96. The molecule has 1 rings (SSSR count). The van der Waals surface area contributed by atoms with Crippen molar-refractivity contribution in [3.05, 3.63) is 18.2 Å². The Kier molecular flexibility index (Phi) is 10.1. The van der Waals surface area contributed by atoms with Crippen molar-refractivity contribution in [2.45, 2.75) is 44.9 Å². The summed E-state index contributed by atoms with van der Waals surface area (Å²) in [5.74, 6) is 2.28. The number of unbranched alkanes of at least 4 members (excludes halogenated alkanes) is 6. The molecule has 0 spiro atoms. The van der Waals surface area contributed by atoms with E-state index in [4.69, 9.17) is 14.2 Å². The first-order valence-electron chi connectivity index (χ1n) is 7.72. The van der Waals surface area contributed by atoms with E-state index in [0.717, 1.165) is 29.9 Å². The van der Waals surface area contributed by atoms with Crippen LogP contribution in [-0.2, 0) is 0 Å². The van der Waals surface area contributed by atoms with E-state index in [9.17, 15) is 0 Å². The van der Waals surface area contributed by atoms with Gasteiger partial charge in [0, 0.05) is 11.4 Å². The van der Waals surface area contributed by atoms with Gasteiger partial charge in [0.05, 0.1) is 20.8 Å². The third-order valence-electron chi connectivity index (χ3n) is 3.40. The molecule has 0 aliphatic carbocycles. The first-order chi connectivity index (χ1) is 10.3. The molecule has 0 unspecified atom stereocenters. The van der Waals surface area contributed by atoms with Crippen LogP contribution in [0.5, 0.6) is 17.2 Å². The first-order valence-corrected chi connectivity index (χ1v) is 8.84. The van der Waals surface area contributed by atoms with Gasteiger partial charge in [-0.3, -0.25) is 0 Å². The second-order valence-electron chi connectivity index (χ2n) is 5.03. The molecule has 0 heterocycles. The Bertz CT molecular complexity index is 382. The molecule has 0 fully saturated rings. The van der Waals surface area contributed by atoms with Crippen molar-refractivity contribution in [1.82, 2.24) is 0 Å². The van der Waals surface area contributed by atoms with Gasteiger partial charge in [-0.2, -0.15) is 0 Å². The van der Waals surface area contributed by atoms with E-state index in [-0.39, 0.29) is 0 Å². The van der Waals surface area contributed by atoms with E-state index >= 15 is 0 Å². The summed E-state index contributed by atoms with van der Waals surface area (Å²) < 4.78 is 16.2. The van der Waals surface area contributed by atoms with E-state index in [2.05, 4.69) is 15.9 Å². The van der Waals surface area contributed by atoms with Crippen molar-refractivity contribution in [3.8, 4) is 17.2 Å². The molecule has 0 bridgehead atoms. The number of hydrogen-bond acceptors (Lipinski definition) is 3. The van der Waals surface area contributed by atoms with Crippen LogP contribution in [0.1, 0.15) is 44.9 Å². The lowest BCUT2D eigenvalue weighted by Gasteiger charge is -2.10. The Labute approximate surface area is 137 Å². The number of alkyl halides is 1. The number of halogens is 1. The van der Waals surface area contributed by atoms with Gasteiger partial charge in [0.25, 0.3) is 0 Å². The van der Waals surface area contributed by atoms with Crippen LogP contribution in [0.15, 0.2) is 18.2 Å². The SMILES string of the molecule is COc1ccc(OCCCCCCCCCBr)cc1OC. The molecule has 0 atom stereocenters. The van der Waals surface area contributed by atoms with Crippen LogP contribution in [-0.4, -0.2) is 26.2 Å². The van der Waals surface area contributed by atoms with Gasteiger partial charge in [-0.25, -0.2) is 0 Å². The van der Waals surface area contributed by atoms with Gasteiger partial charge in [0.15, 0.2) is 11.5 Å². The fraction of sp³-hybridized carbons (Fsp3) is 0.647. The molecule has 1 aromatic rings. The number of ether oxygens (including phenoxy) is 3. The lowest BCUT2D eigenvalue weighted by atomic mass is 10.1. The smallest absolute Gasteiger partial charge is 0.164 e. The second kappa shape index (κ2) is 11.7. The van der Waals surface area contributed by atoms with Gasteiger partial charge < -0.3 is 14.2 Å². The second-order valence-corrected chi connectivity index (χ2v) is 5.82. The van der Waals surface area contributed by atoms with Crippen LogP contribution in [0.3, 0.4) is 0 Å². The highest BCUT2D eigenvalue weighted by Gasteiger charge is 2.04. The van der Waals surface area contributed by atoms with Crippen molar-refractivity contribution in [1.29, 1.82) is 0 Å². The topological polar surface area (TPSA) is 27.7 Å². The minimum Gasteiger partial charge on any atom is -0.493 e. The Morgan fingerprint density at radius 1 is 0.810 bits per heavy atom. The maximum absolute atomic E-state index is 5.75. The quantitative estimate of drug-likeness (QED) is 0.379. The lowest BCUT2D eigenvalue weighted by Crippen LogP contribution is -1.98. The molecule has 3 nitrogen and oxygen atoms in total. The minimum atomic E-state index is 0.710. The highest BCUT2D eigenvalue weighted by atomic mass is 79.9. The summed E-state index contributed by atoms with van der Waals surface area (Å²) in [7, 11) is 3.27. The van der Waals surface area contributed by atoms with E-state index in [1.807, 2.05) is 18.2 Å². The summed E-state index contributed by atoms with van der Waals surface area (Å²) in [5, 5.41) is 1.13. The normalized spacial score (nSPS) is 10.4. The zero-order valence-corrected chi connectivity index (χ0v) is 14.8. The molecule has 0 radical (unpaired) electrons. The molecule has 0 aromatic heterocycles. The number of benzene rings is 1. The van der Waals surface area contributed by atoms with E-state index in [1.54, 1.807) is 14.2 Å². The summed E-state index contributed by atoms with van der Waals surface area (Å²) in [6.45, 7) is 0.761. The van der Waals surface area contributed by atoms with E-state index in [0.29, 0.717) is 5.75 Å². The lowest BCUT2D eigenvalue weighted by molar-refractivity contribution is 0.299. The predicted molar refractivity (Wildman–Crippen MR) is 91.2 cm³/mol. The molecular formula is C17H27BrO3. The van der Waals surface area contributed by atoms with Gasteiger partial charge in [-0.15, -0.1) is 0 Å². The Morgan fingerprint density at radius 3 is 2.05 bits per heavy atom. The molecule has 0 amide bonds. The zero-order chi connectivity index (χ0) is 15.3. The van der Waals surface area contributed by atoms with Crippen LogP contribution in [0.4, 0.5) is 0 Å². The molecule has 1 aromatic carbocycles. The van der Waals surface area contributed by atoms with Crippen molar-refractivity contribution >= 4 is 15.9 Å². The average Bonchev–Trinajstić information content (AvgIpc) is 2.53. The molecule has 21 heavy (non-hydrogen) atoms. The summed E-state index contributed by atoms with van der Waals surface area (Å²) in [4.78, 5) is 0. The zero-order valence-electron chi connectivity index (χ0n) is 13.2. The minimum absolute atomic E-state index is 0.710. The van der Waals surface area contributed by atoms with Gasteiger partial charge in [-0.1, -0.05) is 48.0 Å². The largest absolute Gasteiger partial charge is 0.493 e. The summed E-state index contributed by atoms with van der Waals surface area (Å²) >= 11 is 3.46. The Balaban J connectivity index is 2.12. The van der Waals surface area contributed by atoms with Gasteiger partial charge in [-0.05, 0) is 25.0 Å². The van der Waals surface area contributed by atoms with Crippen LogP contribution in [0.25, 0.3) is 0 Å². The maximum Gasteiger partial charge on any atom is 0.164 e. The Morgan fingerprint density at radius 2 is 1.43 bits per heavy atom. The summed E-state index contributed by atoms with van der Waals surface area (Å²) in [6, 6.07) is 5.67. The van der Waals surface area contributed by atoms with Gasteiger partial charge in [0.1, 0.15) is 5.75 Å². The summed E-state index contributed by atoms with van der Waals surface area (Å²) in [5.41, 5.74) is 0. The van der Waals surface area contributed by atoms with Crippen LogP contribution in [0, 0.1) is 0 Å². The molecule has 0 aliphatic rings. The van der Waals surface area contributed by atoms with Crippen LogP contribution >= 0.6 is 15.9 Å². The molecule has 4 heteroatoms. The van der Waals surface area contributed by atoms with Crippen LogP contribution < -0.4 is 14.2 Å². The standard InChI is InChI=1S/C17H27BrO3/c1-19-16-11-10-15(14-17(16)20-2)21-13-9-7-5-3-4-6-8-12-18/h10-11,14H,3-9,12-13H2,1-2H3. The molecule has 0 N–H and O–H groups in total. The number of hydrogen-bond donors (Lipinski definition) is 0. The number of methoxy groups -OCH3 is 2. The van der Waals surface area contributed by atoms with Gasteiger partial charge in [0.2, 0.25) is 0 Å². The Hall–Kier alpha value is -0.900.